The van der Waals surface area contributed by atoms with E-state index in [1.165, 1.54) is 19.2 Å². The molecule has 80 valence electrons. The number of aromatic hydroxyl groups is 1. The van der Waals surface area contributed by atoms with Gasteiger partial charge < -0.3 is 20.7 Å². The van der Waals surface area contributed by atoms with E-state index in [0.717, 1.165) is 0 Å². The third kappa shape index (κ3) is 2.18. The van der Waals surface area contributed by atoms with E-state index in [4.69, 9.17) is 15.7 Å². The van der Waals surface area contributed by atoms with E-state index in [-0.39, 0.29) is 23.6 Å². The van der Waals surface area contributed by atoms with Gasteiger partial charge in [-0.1, -0.05) is 0 Å². The van der Waals surface area contributed by atoms with E-state index < -0.39 is 6.10 Å². The summed E-state index contributed by atoms with van der Waals surface area (Å²) in [7, 11) is 1.37. The number of phenols is 1. The van der Waals surface area contributed by atoms with Crippen LogP contribution in [0.25, 0.3) is 0 Å². The van der Waals surface area contributed by atoms with Crippen molar-refractivity contribution in [1.29, 1.82) is 5.26 Å². The van der Waals surface area contributed by atoms with Crippen molar-refractivity contribution in [2.45, 2.75) is 6.10 Å². The SMILES string of the molecule is COc1cc(C#N)cc(C(O)CN)c1O. The third-order valence-corrected chi connectivity index (χ3v) is 2.04. The molecule has 0 aliphatic heterocycles. The zero-order chi connectivity index (χ0) is 11.4. The van der Waals surface area contributed by atoms with E-state index in [9.17, 15) is 10.2 Å². The second-order valence-electron chi connectivity index (χ2n) is 2.98. The highest BCUT2D eigenvalue weighted by atomic mass is 16.5. The van der Waals surface area contributed by atoms with Gasteiger partial charge in [0, 0.05) is 18.2 Å². The fourth-order valence-electron chi connectivity index (χ4n) is 1.23. The van der Waals surface area contributed by atoms with Crippen molar-refractivity contribution < 1.29 is 14.9 Å². The standard InChI is InChI=1S/C10H12N2O3/c1-15-9-3-6(4-11)2-7(10(9)14)8(13)5-12/h2-3,8,13-14H,5,12H2,1H3. The van der Waals surface area contributed by atoms with Crippen LogP contribution in [0.15, 0.2) is 12.1 Å². The van der Waals surface area contributed by atoms with Gasteiger partial charge in [0.05, 0.1) is 24.8 Å². The summed E-state index contributed by atoms with van der Waals surface area (Å²) in [5.74, 6) is -0.0361. The Morgan fingerprint density at radius 2 is 2.27 bits per heavy atom. The molecule has 0 fully saturated rings. The van der Waals surface area contributed by atoms with Gasteiger partial charge in [0.2, 0.25) is 0 Å². The number of rotatable bonds is 3. The van der Waals surface area contributed by atoms with E-state index in [0.29, 0.717) is 5.56 Å². The molecule has 1 unspecified atom stereocenters. The summed E-state index contributed by atoms with van der Waals surface area (Å²) >= 11 is 0. The second kappa shape index (κ2) is 4.64. The highest BCUT2D eigenvalue weighted by Crippen LogP contribution is 2.34. The molecule has 0 aliphatic rings. The van der Waals surface area contributed by atoms with E-state index in [1.54, 1.807) is 0 Å². The molecule has 1 aromatic rings. The first-order chi connectivity index (χ1) is 7.13. The third-order valence-electron chi connectivity index (χ3n) is 2.04. The van der Waals surface area contributed by atoms with Crippen molar-refractivity contribution in [1.82, 2.24) is 0 Å². The fraction of sp³-hybridized carbons (Fsp3) is 0.300. The monoisotopic (exact) mass is 208 g/mol. The minimum absolute atomic E-state index is 0.0361. The largest absolute Gasteiger partial charge is 0.504 e. The fourth-order valence-corrected chi connectivity index (χ4v) is 1.23. The van der Waals surface area contributed by atoms with Gasteiger partial charge in [-0.3, -0.25) is 0 Å². The molecule has 0 saturated carbocycles. The van der Waals surface area contributed by atoms with Gasteiger partial charge in [0.1, 0.15) is 0 Å². The first-order valence-corrected chi connectivity index (χ1v) is 4.33. The lowest BCUT2D eigenvalue weighted by atomic mass is 10.0. The van der Waals surface area contributed by atoms with Gasteiger partial charge >= 0.3 is 0 Å². The zero-order valence-corrected chi connectivity index (χ0v) is 8.27. The van der Waals surface area contributed by atoms with Crippen LogP contribution in [-0.2, 0) is 0 Å². The Hall–Kier alpha value is -1.77. The minimum Gasteiger partial charge on any atom is -0.504 e. The second-order valence-corrected chi connectivity index (χ2v) is 2.98. The quantitative estimate of drug-likeness (QED) is 0.661. The van der Waals surface area contributed by atoms with Crippen LogP contribution in [0.5, 0.6) is 11.5 Å². The molecule has 0 spiro atoms. The first kappa shape index (κ1) is 11.3. The van der Waals surface area contributed by atoms with Crippen LogP contribution in [0.1, 0.15) is 17.2 Å². The minimum atomic E-state index is -1.01. The lowest BCUT2D eigenvalue weighted by Gasteiger charge is -2.13. The van der Waals surface area contributed by atoms with Gasteiger partial charge in [0.25, 0.3) is 0 Å². The number of phenolic OH excluding ortho intramolecular Hbond substituents is 1. The Morgan fingerprint density at radius 1 is 1.60 bits per heavy atom. The van der Waals surface area contributed by atoms with Crippen LogP contribution >= 0.6 is 0 Å². The Morgan fingerprint density at radius 3 is 2.73 bits per heavy atom. The molecule has 0 amide bonds. The highest BCUT2D eigenvalue weighted by Gasteiger charge is 2.16. The van der Waals surface area contributed by atoms with Crippen molar-refractivity contribution in [3.63, 3.8) is 0 Å². The molecule has 1 atom stereocenters. The van der Waals surface area contributed by atoms with E-state index in [1.807, 2.05) is 6.07 Å². The number of hydrogen-bond acceptors (Lipinski definition) is 5. The molecule has 0 radical (unpaired) electrons. The summed E-state index contributed by atoms with van der Waals surface area (Å²) in [5.41, 5.74) is 5.77. The molecule has 0 aromatic heterocycles. The molecule has 5 nitrogen and oxygen atoms in total. The number of nitrogens with zero attached hydrogens (tertiary/aromatic N) is 1. The molecule has 15 heavy (non-hydrogen) atoms. The molecular formula is C10H12N2O3. The summed E-state index contributed by atoms with van der Waals surface area (Å²) < 4.78 is 4.87. The predicted molar refractivity (Wildman–Crippen MR) is 53.4 cm³/mol. The Balaban J connectivity index is 3.31. The molecule has 5 heteroatoms. The van der Waals surface area contributed by atoms with Crippen LogP contribution in [0, 0.1) is 11.3 Å². The zero-order valence-electron chi connectivity index (χ0n) is 8.27. The molecule has 0 aliphatic carbocycles. The van der Waals surface area contributed by atoms with Gasteiger partial charge in [-0.15, -0.1) is 0 Å². The van der Waals surface area contributed by atoms with Gasteiger partial charge in [-0.2, -0.15) is 5.26 Å². The first-order valence-electron chi connectivity index (χ1n) is 4.33. The average molecular weight is 208 g/mol. The lowest BCUT2D eigenvalue weighted by Crippen LogP contribution is -2.12. The summed E-state index contributed by atoms with van der Waals surface area (Å²) in [4.78, 5) is 0. The Labute approximate surface area is 87.3 Å². The number of hydrogen-bond donors (Lipinski definition) is 3. The molecule has 0 saturated heterocycles. The average Bonchev–Trinajstić information content (AvgIpc) is 2.28. The molecule has 1 aromatic carbocycles. The number of aliphatic hydroxyl groups excluding tert-OH is 1. The van der Waals surface area contributed by atoms with Crippen molar-refractivity contribution in [3.05, 3.63) is 23.3 Å². The predicted octanol–water partition coefficient (Wildman–Crippen LogP) is 0.265. The summed E-state index contributed by atoms with van der Waals surface area (Å²) in [6.45, 7) is -0.0361. The smallest absolute Gasteiger partial charge is 0.163 e. The van der Waals surface area contributed by atoms with Crippen molar-refractivity contribution in [2.24, 2.45) is 5.73 Å². The van der Waals surface area contributed by atoms with Crippen molar-refractivity contribution in [2.75, 3.05) is 13.7 Å². The van der Waals surface area contributed by atoms with E-state index >= 15 is 0 Å². The number of nitrogens with two attached hydrogens (primary N) is 1. The number of benzene rings is 1. The summed E-state index contributed by atoms with van der Waals surface area (Å²) in [5, 5.41) is 27.9. The van der Waals surface area contributed by atoms with E-state index in [2.05, 4.69) is 0 Å². The van der Waals surface area contributed by atoms with Gasteiger partial charge in [-0.05, 0) is 6.07 Å². The molecule has 0 heterocycles. The molecule has 1 rings (SSSR count). The van der Waals surface area contributed by atoms with Gasteiger partial charge in [0.15, 0.2) is 11.5 Å². The Kier molecular flexibility index (Phi) is 3.50. The number of nitriles is 1. The summed E-state index contributed by atoms with van der Waals surface area (Å²) in [6, 6.07) is 4.68. The van der Waals surface area contributed by atoms with Crippen LogP contribution < -0.4 is 10.5 Å². The summed E-state index contributed by atoms with van der Waals surface area (Å²) in [6.07, 6.45) is -1.01. The number of aliphatic hydroxyl groups is 1. The van der Waals surface area contributed by atoms with Crippen LogP contribution in [0.2, 0.25) is 0 Å². The lowest BCUT2D eigenvalue weighted by molar-refractivity contribution is 0.181. The van der Waals surface area contributed by atoms with Crippen molar-refractivity contribution in [3.8, 4) is 17.6 Å². The number of ether oxygens (including phenoxy) is 1. The molecule has 4 N–H and O–H groups in total. The Bertz CT molecular complexity index is 398. The van der Waals surface area contributed by atoms with Crippen LogP contribution in [0.4, 0.5) is 0 Å². The highest BCUT2D eigenvalue weighted by molar-refractivity contribution is 5.52. The van der Waals surface area contributed by atoms with Crippen molar-refractivity contribution >= 4 is 0 Å². The number of methoxy groups -OCH3 is 1. The molecule has 0 bridgehead atoms. The topological polar surface area (TPSA) is 99.5 Å². The van der Waals surface area contributed by atoms with Gasteiger partial charge in [-0.25, -0.2) is 0 Å². The van der Waals surface area contributed by atoms with Crippen LogP contribution in [-0.4, -0.2) is 23.9 Å². The van der Waals surface area contributed by atoms with Crippen LogP contribution in [0.3, 0.4) is 0 Å². The normalized spacial score (nSPS) is 11.9. The maximum atomic E-state index is 9.66. The molecular weight excluding hydrogens is 196 g/mol. The maximum Gasteiger partial charge on any atom is 0.163 e. The maximum absolute atomic E-state index is 9.66.